The number of thiophene rings is 1. The molecule has 0 unspecified atom stereocenters. The van der Waals surface area contributed by atoms with Crippen molar-refractivity contribution in [1.29, 1.82) is 0 Å². The predicted octanol–water partition coefficient (Wildman–Crippen LogP) is 1.27. The van der Waals surface area contributed by atoms with Crippen molar-refractivity contribution >= 4 is 31.4 Å². The Morgan fingerprint density at radius 1 is 1.25 bits per heavy atom. The quantitative estimate of drug-likeness (QED) is 0.751. The number of phenolic OH excluding ortho intramolecular Hbond substituents is 1. The van der Waals surface area contributed by atoms with Crippen LogP contribution in [-0.2, 0) is 16.6 Å². The molecule has 3 rings (SSSR count). The molecular weight excluding hydrogens is 346 g/mol. The Labute approximate surface area is 146 Å². The summed E-state index contributed by atoms with van der Waals surface area (Å²) in [6.45, 7) is 5.27. The summed E-state index contributed by atoms with van der Waals surface area (Å²) in [6.07, 6.45) is 1.27. The molecule has 0 aliphatic carbocycles. The largest absolute Gasteiger partial charge is 0.507 e. The first kappa shape index (κ1) is 17.6. The molecule has 6 nitrogen and oxygen atoms in total. The minimum atomic E-state index is -3.05. The van der Waals surface area contributed by atoms with Gasteiger partial charge in [0.05, 0.1) is 6.26 Å². The molecule has 0 atom stereocenters. The Kier molecular flexibility index (Phi) is 5.41. The van der Waals surface area contributed by atoms with Crippen molar-refractivity contribution in [3.63, 3.8) is 0 Å². The molecule has 0 spiro atoms. The van der Waals surface area contributed by atoms with Gasteiger partial charge in [0.2, 0.25) is 10.0 Å². The van der Waals surface area contributed by atoms with Crippen LogP contribution in [0.2, 0.25) is 0 Å². The molecule has 1 aromatic heterocycles. The number of hydrogen-bond acceptors (Lipinski definition) is 6. The standard InChI is InChI=1S/C16H23N3O3S2/c1-24(21,22)19-9-7-18(8-10-19)6-5-17-12-13-11-14-15(20)3-2-4-16(14)23-13/h2-4,11,17,20H,5-10,12H2,1H3. The lowest BCUT2D eigenvalue weighted by atomic mass is 10.2. The van der Waals surface area contributed by atoms with Gasteiger partial charge in [0.1, 0.15) is 5.75 Å². The third-order valence-corrected chi connectivity index (χ3v) is 6.70. The minimum Gasteiger partial charge on any atom is -0.507 e. The first-order valence-corrected chi connectivity index (χ1v) is 10.7. The van der Waals surface area contributed by atoms with E-state index < -0.39 is 10.0 Å². The topological polar surface area (TPSA) is 72.9 Å². The molecule has 132 valence electrons. The Balaban J connectivity index is 1.42. The van der Waals surface area contributed by atoms with E-state index in [4.69, 9.17) is 0 Å². The number of nitrogens with zero attached hydrogens (tertiary/aromatic N) is 2. The molecule has 2 N–H and O–H groups in total. The smallest absolute Gasteiger partial charge is 0.211 e. The molecule has 2 heterocycles. The number of aromatic hydroxyl groups is 1. The van der Waals surface area contributed by atoms with Gasteiger partial charge >= 0.3 is 0 Å². The molecule has 1 aromatic carbocycles. The van der Waals surface area contributed by atoms with Gasteiger partial charge in [-0.15, -0.1) is 11.3 Å². The number of piperazine rings is 1. The monoisotopic (exact) mass is 369 g/mol. The van der Waals surface area contributed by atoms with Crippen LogP contribution in [0.15, 0.2) is 24.3 Å². The van der Waals surface area contributed by atoms with Crippen molar-refractivity contribution in [3.05, 3.63) is 29.1 Å². The van der Waals surface area contributed by atoms with E-state index in [1.165, 1.54) is 11.1 Å². The Bertz CT molecular complexity index is 796. The van der Waals surface area contributed by atoms with Crippen LogP contribution in [0.4, 0.5) is 0 Å². The molecule has 0 radical (unpaired) electrons. The molecule has 0 amide bonds. The van der Waals surface area contributed by atoms with Crippen LogP contribution in [0.25, 0.3) is 10.1 Å². The molecule has 24 heavy (non-hydrogen) atoms. The highest BCUT2D eigenvalue weighted by Gasteiger charge is 2.22. The van der Waals surface area contributed by atoms with Gasteiger partial charge in [-0.1, -0.05) is 6.07 Å². The summed E-state index contributed by atoms with van der Waals surface area (Å²) < 4.78 is 25.6. The zero-order valence-electron chi connectivity index (χ0n) is 13.7. The van der Waals surface area contributed by atoms with Gasteiger partial charge in [0.15, 0.2) is 0 Å². The van der Waals surface area contributed by atoms with Crippen molar-refractivity contribution in [3.8, 4) is 5.75 Å². The summed E-state index contributed by atoms with van der Waals surface area (Å²) in [6, 6.07) is 7.63. The van der Waals surface area contributed by atoms with E-state index in [9.17, 15) is 13.5 Å². The lowest BCUT2D eigenvalue weighted by Gasteiger charge is -2.33. The number of fused-ring (bicyclic) bond motifs is 1. The van der Waals surface area contributed by atoms with Crippen LogP contribution in [-0.4, -0.2) is 68.3 Å². The zero-order chi connectivity index (χ0) is 17.2. The normalized spacial score (nSPS) is 17.5. The van der Waals surface area contributed by atoms with Crippen LogP contribution in [0.1, 0.15) is 4.88 Å². The van der Waals surface area contributed by atoms with E-state index in [1.54, 1.807) is 21.7 Å². The number of phenols is 1. The Hall–Kier alpha value is -1.19. The lowest BCUT2D eigenvalue weighted by Crippen LogP contribution is -2.49. The fourth-order valence-corrected chi connectivity index (χ4v) is 4.80. The van der Waals surface area contributed by atoms with E-state index in [2.05, 4.69) is 10.2 Å². The average Bonchev–Trinajstić information content (AvgIpc) is 2.96. The van der Waals surface area contributed by atoms with Crippen LogP contribution in [0, 0.1) is 0 Å². The number of rotatable bonds is 6. The fraction of sp³-hybridized carbons (Fsp3) is 0.500. The van der Waals surface area contributed by atoms with E-state index in [0.29, 0.717) is 18.8 Å². The van der Waals surface area contributed by atoms with Crippen LogP contribution in [0.3, 0.4) is 0 Å². The molecule has 8 heteroatoms. The van der Waals surface area contributed by atoms with Crippen molar-refractivity contribution in [2.45, 2.75) is 6.54 Å². The highest BCUT2D eigenvalue weighted by molar-refractivity contribution is 7.88. The molecule has 1 aliphatic rings. The van der Waals surface area contributed by atoms with Gasteiger partial charge < -0.3 is 10.4 Å². The average molecular weight is 370 g/mol. The predicted molar refractivity (Wildman–Crippen MR) is 98.1 cm³/mol. The molecule has 0 bridgehead atoms. The van der Waals surface area contributed by atoms with Crippen molar-refractivity contribution < 1.29 is 13.5 Å². The summed E-state index contributed by atoms with van der Waals surface area (Å²) in [5.74, 6) is 0.332. The van der Waals surface area contributed by atoms with Crippen molar-refractivity contribution in [2.24, 2.45) is 0 Å². The van der Waals surface area contributed by atoms with Crippen molar-refractivity contribution in [2.75, 3.05) is 45.5 Å². The summed E-state index contributed by atoms with van der Waals surface area (Å²) in [4.78, 5) is 3.49. The first-order valence-electron chi connectivity index (χ1n) is 8.02. The third kappa shape index (κ3) is 4.25. The number of nitrogens with one attached hydrogen (secondary N) is 1. The van der Waals surface area contributed by atoms with E-state index >= 15 is 0 Å². The molecular formula is C16H23N3O3S2. The maximum Gasteiger partial charge on any atom is 0.211 e. The second kappa shape index (κ2) is 7.37. The minimum absolute atomic E-state index is 0.332. The summed E-state index contributed by atoms with van der Waals surface area (Å²) in [5, 5.41) is 14.2. The second-order valence-electron chi connectivity index (χ2n) is 6.08. The highest BCUT2D eigenvalue weighted by Crippen LogP contribution is 2.31. The van der Waals surface area contributed by atoms with Crippen LogP contribution < -0.4 is 5.32 Å². The lowest BCUT2D eigenvalue weighted by molar-refractivity contribution is 0.189. The Morgan fingerprint density at radius 3 is 2.67 bits per heavy atom. The maximum absolute atomic E-state index is 11.5. The zero-order valence-corrected chi connectivity index (χ0v) is 15.4. The number of sulfonamides is 1. The molecule has 0 saturated carbocycles. The van der Waals surface area contributed by atoms with Gasteiger partial charge in [-0.25, -0.2) is 8.42 Å². The molecule has 1 aliphatic heterocycles. The second-order valence-corrected chi connectivity index (χ2v) is 9.23. The Morgan fingerprint density at radius 2 is 2.00 bits per heavy atom. The number of hydrogen-bond donors (Lipinski definition) is 2. The van der Waals surface area contributed by atoms with E-state index in [0.717, 1.165) is 42.8 Å². The number of benzene rings is 1. The maximum atomic E-state index is 11.5. The van der Waals surface area contributed by atoms with Gasteiger partial charge in [-0.2, -0.15) is 4.31 Å². The molecule has 1 saturated heterocycles. The molecule has 2 aromatic rings. The van der Waals surface area contributed by atoms with Gasteiger partial charge in [-0.05, 0) is 18.2 Å². The summed E-state index contributed by atoms with van der Waals surface area (Å²) in [7, 11) is -3.05. The highest BCUT2D eigenvalue weighted by atomic mass is 32.2. The van der Waals surface area contributed by atoms with Gasteiger partial charge in [-0.3, -0.25) is 4.90 Å². The van der Waals surface area contributed by atoms with Crippen LogP contribution >= 0.6 is 11.3 Å². The van der Waals surface area contributed by atoms with E-state index in [-0.39, 0.29) is 0 Å². The van der Waals surface area contributed by atoms with Gasteiger partial charge in [0, 0.05) is 60.8 Å². The summed E-state index contributed by atoms with van der Waals surface area (Å²) >= 11 is 1.69. The SMILES string of the molecule is CS(=O)(=O)N1CCN(CCNCc2cc3c(O)cccc3s2)CC1. The van der Waals surface area contributed by atoms with E-state index in [1.807, 2.05) is 18.2 Å². The fourth-order valence-electron chi connectivity index (χ4n) is 2.92. The van der Waals surface area contributed by atoms with Crippen LogP contribution in [0.5, 0.6) is 5.75 Å². The first-order chi connectivity index (χ1) is 11.4. The molecule has 1 fully saturated rings. The third-order valence-electron chi connectivity index (χ3n) is 4.29. The van der Waals surface area contributed by atoms with Gasteiger partial charge in [0.25, 0.3) is 0 Å². The summed E-state index contributed by atoms with van der Waals surface area (Å²) in [5.41, 5.74) is 0. The van der Waals surface area contributed by atoms with Crippen molar-refractivity contribution in [1.82, 2.24) is 14.5 Å².